The van der Waals surface area contributed by atoms with Crippen LogP contribution >= 0.6 is 66.2 Å². The fraction of sp³-hybridized carbons (Fsp3) is 0.150. The van der Waals surface area contributed by atoms with Crippen LogP contribution < -0.4 is 10.1 Å². The number of aromatic hydroxyl groups is 1. The van der Waals surface area contributed by atoms with Gasteiger partial charge in [0, 0.05) is 23.8 Å². The summed E-state index contributed by atoms with van der Waals surface area (Å²) >= 11 is 9.58. The molecule has 0 spiro atoms. The lowest BCUT2D eigenvalue weighted by Crippen LogP contribution is -2.36. The van der Waals surface area contributed by atoms with Crippen molar-refractivity contribution in [1.82, 2.24) is 4.90 Å². The number of benzene rings is 2. The molecule has 2 aromatic rings. The first-order chi connectivity index (χ1) is 14.7. The second kappa shape index (κ2) is 10.4. The van der Waals surface area contributed by atoms with Crippen molar-refractivity contribution < 1.29 is 24.2 Å². The molecule has 3 rings (SSSR count). The third-order valence-corrected chi connectivity index (χ3v) is 7.71. The van der Waals surface area contributed by atoms with Crippen LogP contribution in [0.15, 0.2) is 44.2 Å². The van der Waals surface area contributed by atoms with Gasteiger partial charge in [0.25, 0.3) is 11.1 Å². The number of imide groups is 1. The summed E-state index contributed by atoms with van der Waals surface area (Å²) in [5, 5.41) is 12.6. The SMILES string of the molecule is CCOc1cc(Br)c(Br)c(/C=C2\SC(=O)N(CC(=O)Nc3ccc(I)cc3)C2=O)c1O. The highest BCUT2D eigenvalue weighted by molar-refractivity contribution is 14.1. The predicted octanol–water partition coefficient (Wildman–Crippen LogP) is 5.60. The number of carbonyl (C=O) groups is 3. The lowest BCUT2D eigenvalue weighted by atomic mass is 10.1. The maximum absolute atomic E-state index is 12.8. The zero-order valence-corrected chi connectivity index (χ0v) is 22.1. The molecule has 31 heavy (non-hydrogen) atoms. The Balaban J connectivity index is 1.81. The Hall–Kier alpha value is -1.57. The highest BCUT2D eigenvalue weighted by Gasteiger charge is 2.36. The van der Waals surface area contributed by atoms with Gasteiger partial charge in [-0.15, -0.1) is 0 Å². The molecule has 1 heterocycles. The molecule has 1 fully saturated rings. The van der Waals surface area contributed by atoms with Crippen molar-refractivity contribution in [3.63, 3.8) is 0 Å². The Morgan fingerprint density at radius 2 is 1.97 bits per heavy atom. The molecule has 0 atom stereocenters. The van der Waals surface area contributed by atoms with E-state index in [0.29, 0.717) is 33.0 Å². The molecule has 2 N–H and O–H groups in total. The number of hydrogen-bond acceptors (Lipinski definition) is 6. The molecule has 0 radical (unpaired) electrons. The van der Waals surface area contributed by atoms with Gasteiger partial charge in [-0.3, -0.25) is 19.3 Å². The first kappa shape index (κ1) is 24.1. The van der Waals surface area contributed by atoms with E-state index in [9.17, 15) is 19.5 Å². The van der Waals surface area contributed by atoms with Crippen LogP contribution in [0.2, 0.25) is 0 Å². The van der Waals surface area contributed by atoms with Crippen LogP contribution in [0.1, 0.15) is 12.5 Å². The predicted molar refractivity (Wildman–Crippen MR) is 135 cm³/mol. The molecule has 0 saturated carbocycles. The molecule has 0 bridgehead atoms. The van der Waals surface area contributed by atoms with E-state index in [0.717, 1.165) is 8.47 Å². The number of amides is 3. The highest BCUT2D eigenvalue weighted by Crippen LogP contribution is 2.43. The van der Waals surface area contributed by atoms with Crippen molar-refractivity contribution in [3.8, 4) is 11.5 Å². The van der Waals surface area contributed by atoms with Crippen LogP contribution in [0.5, 0.6) is 11.5 Å². The van der Waals surface area contributed by atoms with Crippen molar-refractivity contribution in [1.29, 1.82) is 0 Å². The Morgan fingerprint density at radius 3 is 2.61 bits per heavy atom. The molecule has 1 aliphatic rings. The molecule has 0 aliphatic carbocycles. The number of hydrogen-bond donors (Lipinski definition) is 2. The van der Waals surface area contributed by atoms with E-state index in [-0.39, 0.29) is 22.0 Å². The standard InChI is InChI=1S/C20H15Br2IN2O5S/c1-2-30-14-8-13(21)17(22)12(18(14)27)7-15-19(28)25(20(29)31-15)9-16(26)24-11-5-3-10(23)4-6-11/h3-8,27H,2,9H2,1H3,(H,24,26)/b15-7-. The summed E-state index contributed by atoms with van der Waals surface area (Å²) in [5.41, 5.74) is 0.853. The van der Waals surface area contributed by atoms with E-state index in [1.807, 2.05) is 12.1 Å². The van der Waals surface area contributed by atoms with E-state index < -0.39 is 23.6 Å². The Bertz CT molecular complexity index is 1090. The zero-order valence-electron chi connectivity index (χ0n) is 15.9. The minimum atomic E-state index is -0.614. The molecule has 1 aliphatic heterocycles. The van der Waals surface area contributed by atoms with E-state index >= 15 is 0 Å². The quantitative estimate of drug-likeness (QED) is 0.305. The average Bonchev–Trinajstić information content (AvgIpc) is 2.98. The monoisotopic (exact) mass is 680 g/mol. The Labute approximate surface area is 213 Å². The Kier molecular flexibility index (Phi) is 8.05. The second-order valence-corrected chi connectivity index (χ2v) is 10.1. The van der Waals surface area contributed by atoms with Gasteiger partial charge in [0.2, 0.25) is 5.91 Å². The van der Waals surface area contributed by atoms with E-state index in [1.165, 1.54) is 6.08 Å². The number of anilines is 1. The molecule has 162 valence electrons. The van der Waals surface area contributed by atoms with Crippen molar-refractivity contribution in [2.45, 2.75) is 6.92 Å². The molecule has 0 unspecified atom stereocenters. The molecule has 7 nitrogen and oxygen atoms in total. The van der Waals surface area contributed by atoms with E-state index in [1.54, 1.807) is 25.1 Å². The van der Waals surface area contributed by atoms with Crippen molar-refractivity contribution in [3.05, 3.63) is 53.3 Å². The number of ether oxygens (including phenoxy) is 1. The van der Waals surface area contributed by atoms with Gasteiger partial charge in [-0.05, 0) is 110 Å². The molecular formula is C20H15Br2IN2O5S. The molecule has 2 aromatic carbocycles. The largest absolute Gasteiger partial charge is 0.504 e. The van der Waals surface area contributed by atoms with Crippen LogP contribution in [-0.4, -0.2) is 40.2 Å². The van der Waals surface area contributed by atoms with Gasteiger partial charge in [-0.25, -0.2) is 0 Å². The number of nitrogens with one attached hydrogen (secondary N) is 1. The molecule has 11 heteroatoms. The first-order valence-corrected chi connectivity index (χ1v) is 12.3. The number of carbonyl (C=O) groups excluding carboxylic acids is 3. The van der Waals surface area contributed by atoms with Gasteiger partial charge in [0.1, 0.15) is 6.54 Å². The van der Waals surface area contributed by atoms with Crippen molar-refractivity contribution in [2.24, 2.45) is 0 Å². The summed E-state index contributed by atoms with van der Waals surface area (Å²) in [6, 6.07) is 8.73. The number of phenols is 1. The number of thioether (sulfide) groups is 1. The average molecular weight is 682 g/mol. The summed E-state index contributed by atoms with van der Waals surface area (Å²) < 4.78 is 7.53. The van der Waals surface area contributed by atoms with Crippen LogP contribution in [0.3, 0.4) is 0 Å². The zero-order chi connectivity index (χ0) is 22.7. The van der Waals surface area contributed by atoms with E-state index in [2.05, 4.69) is 59.8 Å². The highest BCUT2D eigenvalue weighted by atomic mass is 127. The van der Waals surface area contributed by atoms with Gasteiger partial charge in [-0.2, -0.15) is 0 Å². The normalized spacial score (nSPS) is 15.0. The van der Waals surface area contributed by atoms with Gasteiger partial charge in [-0.1, -0.05) is 0 Å². The smallest absolute Gasteiger partial charge is 0.294 e. The van der Waals surface area contributed by atoms with Crippen LogP contribution in [0.25, 0.3) is 6.08 Å². The fourth-order valence-corrected chi connectivity index (χ4v) is 4.67. The van der Waals surface area contributed by atoms with Crippen LogP contribution in [0.4, 0.5) is 10.5 Å². The van der Waals surface area contributed by atoms with Crippen molar-refractivity contribution >= 4 is 95.0 Å². The molecular weight excluding hydrogens is 667 g/mol. The van der Waals surface area contributed by atoms with E-state index in [4.69, 9.17) is 4.74 Å². The summed E-state index contributed by atoms with van der Waals surface area (Å²) in [4.78, 5) is 38.4. The number of rotatable bonds is 6. The maximum atomic E-state index is 12.8. The minimum Gasteiger partial charge on any atom is -0.504 e. The number of nitrogens with zero attached hydrogens (tertiary/aromatic N) is 1. The lowest BCUT2D eigenvalue weighted by Gasteiger charge is -2.13. The van der Waals surface area contributed by atoms with Gasteiger partial charge >= 0.3 is 0 Å². The Morgan fingerprint density at radius 1 is 1.29 bits per heavy atom. The summed E-state index contributed by atoms with van der Waals surface area (Å²) in [6.07, 6.45) is 1.40. The lowest BCUT2D eigenvalue weighted by molar-refractivity contribution is -0.127. The summed E-state index contributed by atoms with van der Waals surface area (Å²) in [5.74, 6) is -1.04. The second-order valence-electron chi connectivity index (χ2n) is 6.19. The number of phenolic OH excluding ortho intramolecular Hbond substituents is 1. The third kappa shape index (κ3) is 5.62. The first-order valence-electron chi connectivity index (χ1n) is 8.85. The van der Waals surface area contributed by atoms with Gasteiger partial charge in [0.05, 0.1) is 11.5 Å². The molecule has 3 amide bonds. The maximum Gasteiger partial charge on any atom is 0.294 e. The minimum absolute atomic E-state index is 0.0867. The topological polar surface area (TPSA) is 95.9 Å². The van der Waals surface area contributed by atoms with Gasteiger partial charge in [0.15, 0.2) is 11.5 Å². The number of halogens is 3. The third-order valence-electron chi connectivity index (χ3n) is 4.07. The summed E-state index contributed by atoms with van der Waals surface area (Å²) in [7, 11) is 0. The van der Waals surface area contributed by atoms with Gasteiger partial charge < -0.3 is 15.2 Å². The molecule has 1 saturated heterocycles. The van der Waals surface area contributed by atoms with Crippen LogP contribution in [0, 0.1) is 3.57 Å². The fourth-order valence-electron chi connectivity index (χ4n) is 2.65. The molecule has 0 aromatic heterocycles. The van der Waals surface area contributed by atoms with Crippen molar-refractivity contribution in [2.75, 3.05) is 18.5 Å². The van der Waals surface area contributed by atoms with Crippen LogP contribution in [-0.2, 0) is 9.59 Å². The summed E-state index contributed by atoms with van der Waals surface area (Å²) in [6.45, 7) is 1.71.